The highest BCUT2D eigenvalue weighted by Gasteiger charge is 2.39. The largest absolute Gasteiger partial charge is 0.416 e. The predicted octanol–water partition coefficient (Wildman–Crippen LogP) is 3.40. The Bertz CT molecular complexity index is 1030. The first-order chi connectivity index (χ1) is 15.1. The summed E-state index contributed by atoms with van der Waals surface area (Å²) in [6.07, 6.45) is -4.42. The van der Waals surface area contributed by atoms with E-state index in [1.807, 2.05) is 0 Å². The van der Waals surface area contributed by atoms with Crippen molar-refractivity contribution in [3.63, 3.8) is 0 Å². The smallest absolute Gasteiger partial charge is 0.368 e. The third-order valence-electron chi connectivity index (χ3n) is 5.81. The van der Waals surface area contributed by atoms with Crippen LogP contribution in [0.3, 0.4) is 0 Å². The van der Waals surface area contributed by atoms with Crippen molar-refractivity contribution in [1.29, 1.82) is 0 Å². The lowest BCUT2D eigenvalue weighted by Crippen LogP contribution is -2.59. The molecule has 0 saturated carbocycles. The molecule has 0 aromatic heterocycles. The predicted molar refractivity (Wildman–Crippen MR) is 106 cm³/mol. The van der Waals surface area contributed by atoms with Gasteiger partial charge in [-0.15, -0.1) is 0 Å². The van der Waals surface area contributed by atoms with Crippen molar-refractivity contribution in [2.45, 2.75) is 6.18 Å². The van der Waals surface area contributed by atoms with E-state index in [0.29, 0.717) is 31.9 Å². The monoisotopic (exact) mass is 453 g/mol. The molecule has 2 fully saturated rings. The highest BCUT2D eigenvalue weighted by atomic mass is 19.4. The molecule has 0 N–H and O–H groups in total. The van der Waals surface area contributed by atoms with Crippen LogP contribution in [-0.2, 0) is 11.0 Å². The first-order valence-electron chi connectivity index (χ1n) is 10.1. The highest BCUT2D eigenvalue weighted by Crippen LogP contribution is 2.32. The van der Waals surface area contributed by atoms with Gasteiger partial charge in [-0.1, -0.05) is 6.07 Å². The van der Waals surface area contributed by atoms with Crippen LogP contribution >= 0.6 is 0 Å². The molecule has 2 aliphatic rings. The Hall–Kier alpha value is -3.17. The first kappa shape index (κ1) is 22.0. The third kappa shape index (κ3) is 4.39. The molecule has 2 saturated heterocycles. The second-order valence-corrected chi connectivity index (χ2v) is 7.90. The van der Waals surface area contributed by atoms with Gasteiger partial charge in [0.1, 0.15) is 0 Å². The number of hydrogen-bond donors (Lipinski definition) is 0. The molecule has 0 atom stereocenters. The van der Waals surface area contributed by atoms with E-state index in [4.69, 9.17) is 0 Å². The second-order valence-electron chi connectivity index (χ2n) is 7.90. The zero-order valence-corrected chi connectivity index (χ0v) is 16.9. The molecule has 2 amide bonds. The zero-order valence-electron chi connectivity index (χ0n) is 16.9. The molecule has 2 aromatic carbocycles. The van der Waals surface area contributed by atoms with E-state index in [2.05, 4.69) is 0 Å². The first-order valence-corrected chi connectivity index (χ1v) is 10.1. The van der Waals surface area contributed by atoms with Crippen molar-refractivity contribution in [3.05, 3.63) is 65.2 Å². The molecule has 5 nitrogen and oxygen atoms in total. The van der Waals surface area contributed by atoms with Crippen LogP contribution in [0, 0.1) is 17.6 Å². The van der Waals surface area contributed by atoms with Gasteiger partial charge < -0.3 is 14.7 Å². The summed E-state index contributed by atoms with van der Waals surface area (Å²) in [5.74, 6) is -3.13. The van der Waals surface area contributed by atoms with Gasteiger partial charge in [0.2, 0.25) is 5.91 Å². The van der Waals surface area contributed by atoms with Crippen molar-refractivity contribution in [2.24, 2.45) is 5.92 Å². The number of rotatable bonds is 3. The maximum atomic E-state index is 13.3. The number of amides is 2. The van der Waals surface area contributed by atoms with Gasteiger partial charge in [-0.2, -0.15) is 13.2 Å². The quantitative estimate of drug-likeness (QED) is 0.670. The minimum absolute atomic E-state index is 0.0181. The van der Waals surface area contributed by atoms with Gasteiger partial charge in [0.05, 0.1) is 11.5 Å². The number of hydrogen-bond acceptors (Lipinski definition) is 3. The molecule has 0 unspecified atom stereocenters. The minimum Gasteiger partial charge on any atom is -0.368 e. The number of piperazine rings is 1. The lowest BCUT2D eigenvalue weighted by molar-refractivity contribution is -0.140. The Morgan fingerprint density at radius 3 is 2.16 bits per heavy atom. The Morgan fingerprint density at radius 2 is 1.53 bits per heavy atom. The van der Waals surface area contributed by atoms with E-state index >= 15 is 0 Å². The van der Waals surface area contributed by atoms with Gasteiger partial charge in [0.25, 0.3) is 5.91 Å². The standard InChI is InChI=1S/C22H20F5N3O2/c23-18-5-4-14(10-19(18)24)20(31)30-12-15(13-30)21(32)29-8-6-28(7-9-29)17-3-1-2-16(11-17)22(25,26)27/h1-5,10-11,15H,6-9,12-13H2. The number of likely N-dealkylation sites (tertiary alicyclic amines) is 1. The normalized spacial score (nSPS) is 17.3. The minimum atomic E-state index is -4.42. The average Bonchev–Trinajstić information content (AvgIpc) is 2.74. The summed E-state index contributed by atoms with van der Waals surface area (Å²) in [6.45, 7) is 1.90. The number of nitrogens with zero attached hydrogens (tertiary/aromatic N) is 3. The van der Waals surface area contributed by atoms with Gasteiger partial charge in [-0.3, -0.25) is 9.59 Å². The summed E-state index contributed by atoms with van der Waals surface area (Å²) in [5, 5.41) is 0. The number of halogens is 5. The average molecular weight is 453 g/mol. The molecule has 0 radical (unpaired) electrons. The maximum Gasteiger partial charge on any atom is 0.416 e. The molecule has 32 heavy (non-hydrogen) atoms. The highest BCUT2D eigenvalue weighted by molar-refractivity contribution is 5.96. The van der Waals surface area contributed by atoms with E-state index in [9.17, 15) is 31.5 Å². The molecule has 4 rings (SSSR count). The van der Waals surface area contributed by atoms with Crippen LogP contribution in [0.5, 0.6) is 0 Å². The molecular weight excluding hydrogens is 433 g/mol. The van der Waals surface area contributed by atoms with Gasteiger partial charge >= 0.3 is 6.18 Å². The Labute approximate surface area is 181 Å². The van der Waals surface area contributed by atoms with E-state index in [0.717, 1.165) is 24.3 Å². The number of alkyl halides is 3. The third-order valence-corrected chi connectivity index (χ3v) is 5.81. The molecule has 0 spiro atoms. The van der Waals surface area contributed by atoms with Crippen LogP contribution in [-0.4, -0.2) is 60.9 Å². The number of anilines is 1. The Kier molecular flexibility index (Phi) is 5.79. The fourth-order valence-corrected chi connectivity index (χ4v) is 3.93. The molecule has 10 heteroatoms. The lowest BCUT2D eigenvalue weighted by Gasteiger charge is -2.43. The van der Waals surface area contributed by atoms with E-state index in [1.165, 1.54) is 17.0 Å². The van der Waals surface area contributed by atoms with Crippen LogP contribution in [0.25, 0.3) is 0 Å². The van der Waals surface area contributed by atoms with Crippen molar-refractivity contribution in [3.8, 4) is 0 Å². The summed E-state index contributed by atoms with van der Waals surface area (Å²) in [4.78, 5) is 29.9. The van der Waals surface area contributed by atoms with E-state index < -0.39 is 29.3 Å². The number of carbonyl (C=O) groups excluding carboxylic acids is 2. The molecule has 2 aromatic rings. The molecule has 0 aliphatic carbocycles. The molecule has 2 aliphatic heterocycles. The van der Waals surface area contributed by atoms with E-state index in [-0.39, 0.29) is 30.5 Å². The van der Waals surface area contributed by atoms with Crippen LogP contribution in [0.4, 0.5) is 27.6 Å². The lowest BCUT2D eigenvalue weighted by atomic mass is 9.96. The fourth-order valence-electron chi connectivity index (χ4n) is 3.93. The van der Waals surface area contributed by atoms with Crippen molar-refractivity contribution >= 4 is 17.5 Å². The summed E-state index contributed by atoms with van der Waals surface area (Å²) in [6, 6.07) is 8.01. The zero-order chi connectivity index (χ0) is 23.0. The molecule has 0 bridgehead atoms. The second kappa shape index (κ2) is 8.40. The topological polar surface area (TPSA) is 43.9 Å². The summed E-state index contributed by atoms with van der Waals surface area (Å²) < 4.78 is 65.2. The molecule has 2 heterocycles. The summed E-state index contributed by atoms with van der Waals surface area (Å²) in [5.41, 5.74) is -0.239. The van der Waals surface area contributed by atoms with Crippen LogP contribution in [0.1, 0.15) is 15.9 Å². The number of carbonyl (C=O) groups is 2. The summed E-state index contributed by atoms with van der Waals surface area (Å²) in [7, 11) is 0. The van der Waals surface area contributed by atoms with Crippen LogP contribution in [0.2, 0.25) is 0 Å². The van der Waals surface area contributed by atoms with Crippen LogP contribution in [0.15, 0.2) is 42.5 Å². The van der Waals surface area contributed by atoms with Gasteiger partial charge in [-0.05, 0) is 36.4 Å². The van der Waals surface area contributed by atoms with Crippen molar-refractivity contribution < 1.29 is 31.5 Å². The fraction of sp³-hybridized carbons (Fsp3) is 0.364. The van der Waals surface area contributed by atoms with Crippen LogP contribution < -0.4 is 4.90 Å². The number of benzene rings is 2. The van der Waals surface area contributed by atoms with Gasteiger partial charge in [0, 0.05) is 50.5 Å². The SMILES string of the molecule is O=C(c1ccc(F)c(F)c1)N1CC(C(=O)N2CCN(c3cccc(C(F)(F)F)c3)CC2)C1. The Morgan fingerprint density at radius 1 is 0.844 bits per heavy atom. The van der Waals surface area contributed by atoms with Crippen molar-refractivity contribution in [2.75, 3.05) is 44.2 Å². The molecule has 170 valence electrons. The summed E-state index contributed by atoms with van der Waals surface area (Å²) >= 11 is 0. The molecular formula is C22H20F5N3O2. The Balaban J connectivity index is 1.29. The van der Waals surface area contributed by atoms with Gasteiger partial charge in [0.15, 0.2) is 11.6 Å². The maximum absolute atomic E-state index is 13.3. The van der Waals surface area contributed by atoms with Gasteiger partial charge in [-0.25, -0.2) is 8.78 Å². The van der Waals surface area contributed by atoms with E-state index in [1.54, 1.807) is 15.9 Å². The van der Waals surface area contributed by atoms with Crippen molar-refractivity contribution in [1.82, 2.24) is 9.80 Å².